The van der Waals surface area contributed by atoms with Gasteiger partial charge in [-0.3, -0.25) is 0 Å². The Hall–Kier alpha value is -1.59. The van der Waals surface area contributed by atoms with Gasteiger partial charge < -0.3 is 19.1 Å². The van der Waals surface area contributed by atoms with Gasteiger partial charge in [-0.1, -0.05) is 12.1 Å². The molecule has 0 fully saturated rings. The maximum Gasteiger partial charge on any atom is 0.162 e. The van der Waals surface area contributed by atoms with Crippen LogP contribution in [0.2, 0.25) is 0 Å². The fourth-order valence-electron chi connectivity index (χ4n) is 1.83. The molecule has 0 amide bonds. The molecule has 0 radical (unpaired) electrons. The average Bonchev–Trinajstić information content (AvgIpc) is 2.98. The number of nitrogens with zero attached hydrogens (tertiary/aromatic N) is 2. The third-order valence-electron chi connectivity index (χ3n) is 2.71. The zero-order chi connectivity index (χ0) is 12.8. The van der Waals surface area contributed by atoms with E-state index in [0.717, 1.165) is 31.1 Å². The van der Waals surface area contributed by atoms with Gasteiger partial charge in [-0.25, -0.2) is 0 Å². The van der Waals surface area contributed by atoms with E-state index < -0.39 is 0 Å². The zero-order valence-electron chi connectivity index (χ0n) is 10.8. The molecule has 2 heterocycles. The first kappa shape index (κ1) is 12.9. The lowest BCUT2D eigenvalue weighted by molar-refractivity contribution is 0.155. The van der Waals surface area contributed by atoms with Gasteiger partial charge in [0, 0.05) is 31.6 Å². The summed E-state index contributed by atoms with van der Waals surface area (Å²) in [5.74, 6) is 0.757. The predicted octanol–water partition coefficient (Wildman–Crippen LogP) is 1.78. The molecule has 2 aromatic rings. The van der Waals surface area contributed by atoms with Crippen molar-refractivity contribution in [2.45, 2.75) is 26.6 Å². The summed E-state index contributed by atoms with van der Waals surface area (Å²) < 4.78 is 12.3. The second kappa shape index (κ2) is 6.37. The van der Waals surface area contributed by atoms with Gasteiger partial charge in [0.25, 0.3) is 0 Å². The maximum atomic E-state index is 5.17. The Kier molecular flexibility index (Phi) is 4.55. The minimum Gasteiger partial charge on any atom is -0.377 e. The first-order valence-electron chi connectivity index (χ1n) is 6.11. The average molecular weight is 249 g/mol. The van der Waals surface area contributed by atoms with Crippen molar-refractivity contribution in [3.8, 4) is 0 Å². The van der Waals surface area contributed by atoms with Gasteiger partial charge in [-0.15, -0.1) is 0 Å². The van der Waals surface area contributed by atoms with Gasteiger partial charge in [0.05, 0.1) is 6.54 Å². The third-order valence-corrected chi connectivity index (χ3v) is 2.71. The van der Waals surface area contributed by atoms with Crippen LogP contribution in [0, 0.1) is 0 Å². The topological polar surface area (TPSA) is 52.2 Å². The molecule has 0 saturated carbocycles. The van der Waals surface area contributed by atoms with E-state index >= 15 is 0 Å². The molecule has 0 aliphatic carbocycles. The molecule has 0 aromatic carbocycles. The van der Waals surface area contributed by atoms with Crippen molar-refractivity contribution < 1.29 is 9.26 Å². The molecular weight excluding hydrogens is 230 g/mol. The molecule has 0 aliphatic heterocycles. The molecule has 2 aromatic heterocycles. The minimum absolute atomic E-state index is 0.461. The Labute approximate surface area is 107 Å². The van der Waals surface area contributed by atoms with E-state index in [9.17, 15) is 0 Å². The standard InChI is InChI=1S/C13H19N3O2/c1-3-14-8-12-5-4-6-16(12)9-11-7-13(10-17-2)18-15-11/h4-7,14H,3,8-10H2,1-2H3. The summed E-state index contributed by atoms with van der Waals surface area (Å²) in [7, 11) is 1.64. The third kappa shape index (κ3) is 3.21. The Morgan fingerprint density at radius 1 is 1.50 bits per heavy atom. The molecule has 0 atom stereocenters. The first-order chi connectivity index (χ1) is 8.83. The van der Waals surface area contributed by atoms with E-state index in [1.807, 2.05) is 12.1 Å². The molecule has 0 bridgehead atoms. The SMILES string of the molecule is CCNCc1cccn1Cc1cc(COC)on1. The van der Waals surface area contributed by atoms with E-state index in [-0.39, 0.29) is 0 Å². The van der Waals surface area contributed by atoms with E-state index in [0.29, 0.717) is 6.61 Å². The Morgan fingerprint density at radius 3 is 3.17 bits per heavy atom. The number of hydrogen-bond acceptors (Lipinski definition) is 4. The smallest absolute Gasteiger partial charge is 0.162 e. The van der Waals surface area contributed by atoms with Crippen molar-refractivity contribution in [1.29, 1.82) is 0 Å². The Bertz CT molecular complexity index is 476. The summed E-state index contributed by atoms with van der Waals surface area (Å²) in [6.45, 7) is 5.12. The van der Waals surface area contributed by atoms with Crippen molar-refractivity contribution >= 4 is 0 Å². The highest BCUT2D eigenvalue weighted by Gasteiger charge is 2.06. The van der Waals surface area contributed by atoms with Crippen LogP contribution in [0.5, 0.6) is 0 Å². The highest BCUT2D eigenvalue weighted by molar-refractivity contribution is 5.11. The van der Waals surface area contributed by atoms with Gasteiger partial charge in [0.15, 0.2) is 5.76 Å². The van der Waals surface area contributed by atoms with Crippen LogP contribution in [0.4, 0.5) is 0 Å². The summed E-state index contributed by atoms with van der Waals surface area (Å²) in [6.07, 6.45) is 2.05. The molecule has 0 spiro atoms. The van der Waals surface area contributed by atoms with Crippen molar-refractivity contribution in [2.24, 2.45) is 0 Å². The van der Waals surface area contributed by atoms with Crippen molar-refractivity contribution in [1.82, 2.24) is 15.0 Å². The Balaban J connectivity index is 2.01. The molecule has 5 nitrogen and oxygen atoms in total. The second-order valence-corrected chi connectivity index (χ2v) is 4.13. The van der Waals surface area contributed by atoms with Crippen LogP contribution in [0.3, 0.4) is 0 Å². The molecule has 98 valence electrons. The first-order valence-corrected chi connectivity index (χ1v) is 6.11. The van der Waals surface area contributed by atoms with Gasteiger partial charge in [0.1, 0.15) is 12.3 Å². The monoisotopic (exact) mass is 249 g/mol. The maximum absolute atomic E-state index is 5.17. The quantitative estimate of drug-likeness (QED) is 0.812. The number of nitrogens with one attached hydrogen (secondary N) is 1. The van der Waals surface area contributed by atoms with Crippen LogP contribution in [-0.2, 0) is 24.4 Å². The lowest BCUT2D eigenvalue weighted by Crippen LogP contribution is -2.15. The van der Waals surface area contributed by atoms with Gasteiger partial charge in [0.2, 0.25) is 0 Å². The fourth-order valence-corrected chi connectivity index (χ4v) is 1.83. The summed E-state index contributed by atoms with van der Waals surface area (Å²) in [4.78, 5) is 0. The van der Waals surface area contributed by atoms with Crippen molar-refractivity contribution in [3.05, 3.63) is 41.5 Å². The van der Waals surface area contributed by atoms with Crippen LogP contribution in [-0.4, -0.2) is 23.4 Å². The molecule has 1 N–H and O–H groups in total. The zero-order valence-corrected chi connectivity index (χ0v) is 10.8. The van der Waals surface area contributed by atoms with Crippen molar-refractivity contribution in [3.63, 3.8) is 0 Å². The molecule has 5 heteroatoms. The lowest BCUT2D eigenvalue weighted by Gasteiger charge is -2.07. The van der Waals surface area contributed by atoms with Crippen molar-refractivity contribution in [2.75, 3.05) is 13.7 Å². The molecule has 2 rings (SSSR count). The summed E-state index contributed by atoms with van der Waals surface area (Å²) >= 11 is 0. The molecular formula is C13H19N3O2. The van der Waals surface area contributed by atoms with Crippen LogP contribution < -0.4 is 5.32 Å². The largest absolute Gasteiger partial charge is 0.377 e. The predicted molar refractivity (Wildman–Crippen MR) is 68.1 cm³/mol. The van der Waals surface area contributed by atoms with Crippen LogP contribution in [0.15, 0.2) is 28.9 Å². The number of rotatable bonds is 7. The minimum atomic E-state index is 0.461. The van der Waals surface area contributed by atoms with E-state index in [4.69, 9.17) is 9.26 Å². The van der Waals surface area contributed by atoms with E-state index in [1.54, 1.807) is 7.11 Å². The molecule has 0 saturated heterocycles. The van der Waals surface area contributed by atoms with Crippen LogP contribution >= 0.6 is 0 Å². The molecule has 0 aliphatic rings. The van der Waals surface area contributed by atoms with Gasteiger partial charge in [-0.05, 0) is 18.7 Å². The number of hydrogen-bond donors (Lipinski definition) is 1. The van der Waals surface area contributed by atoms with Crippen LogP contribution in [0.25, 0.3) is 0 Å². The number of ether oxygens (including phenoxy) is 1. The fraction of sp³-hybridized carbons (Fsp3) is 0.462. The van der Waals surface area contributed by atoms with Gasteiger partial charge >= 0.3 is 0 Å². The second-order valence-electron chi connectivity index (χ2n) is 4.13. The normalized spacial score (nSPS) is 11.0. The lowest BCUT2D eigenvalue weighted by atomic mass is 10.3. The van der Waals surface area contributed by atoms with Gasteiger partial charge in [-0.2, -0.15) is 0 Å². The Morgan fingerprint density at radius 2 is 2.39 bits per heavy atom. The summed E-state index contributed by atoms with van der Waals surface area (Å²) in [6, 6.07) is 6.09. The van der Waals surface area contributed by atoms with Crippen LogP contribution in [0.1, 0.15) is 24.1 Å². The summed E-state index contributed by atoms with van der Waals surface area (Å²) in [5.41, 5.74) is 2.16. The highest BCUT2D eigenvalue weighted by atomic mass is 16.5. The molecule has 0 unspecified atom stereocenters. The molecule has 18 heavy (non-hydrogen) atoms. The summed E-state index contributed by atoms with van der Waals surface area (Å²) in [5, 5.41) is 7.35. The number of aromatic nitrogens is 2. The van der Waals surface area contributed by atoms with E-state index in [2.05, 4.69) is 34.2 Å². The number of methoxy groups -OCH3 is 1. The highest BCUT2D eigenvalue weighted by Crippen LogP contribution is 2.09. The van der Waals surface area contributed by atoms with E-state index in [1.165, 1.54) is 5.69 Å².